The zero-order valence-corrected chi connectivity index (χ0v) is 21.0. The van der Waals surface area contributed by atoms with E-state index in [1.807, 2.05) is 35.7 Å². The lowest BCUT2D eigenvalue weighted by molar-refractivity contribution is -0.119. The standard InChI is InChI=1S/C28H22FN7OS/c29-20-12-16(17-10-18(14-30-13-17)32-28(37)15-4-1-2-5-15)11-19-23(20)35-36-24(19)27-33-21-7-8-31-26(25(21)34-27)22-6-3-9-38-22/h3,6-15H,1-2,4-5H2,(H,32,37)(H,33,34)(H,35,36). The van der Waals surface area contributed by atoms with Gasteiger partial charge in [0.15, 0.2) is 11.6 Å². The summed E-state index contributed by atoms with van der Waals surface area (Å²) in [4.78, 5) is 30.6. The van der Waals surface area contributed by atoms with Crippen molar-refractivity contribution in [2.45, 2.75) is 25.7 Å². The molecule has 1 amide bonds. The van der Waals surface area contributed by atoms with Crippen LogP contribution in [-0.4, -0.2) is 36.0 Å². The fourth-order valence-electron chi connectivity index (χ4n) is 5.17. The van der Waals surface area contributed by atoms with E-state index in [4.69, 9.17) is 4.98 Å². The highest BCUT2D eigenvalue weighted by molar-refractivity contribution is 7.13. The zero-order valence-electron chi connectivity index (χ0n) is 20.2. The van der Waals surface area contributed by atoms with Crippen molar-refractivity contribution in [1.29, 1.82) is 0 Å². The number of rotatable bonds is 5. The number of carbonyl (C=O) groups is 1. The number of amides is 1. The van der Waals surface area contributed by atoms with Crippen LogP contribution >= 0.6 is 11.3 Å². The number of imidazole rings is 1. The van der Waals surface area contributed by atoms with Crippen molar-refractivity contribution in [3.8, 4) is 33.2 Å². The maximum absolute atomic E-state index is 15.2. The van der Waals surface area contributed by atoms with Crippen LogP contribution in [0.4, 0.5) is 10.1 Å². The summed E-state index contributed by atoms with van der Waals surface area (Å²) >= 11 is 1.60. The van der Waals surface area contributed by atoms with Gasteiger partial charge in [-0.25, -0.2) is 9.37 Å². The van der Waals surface area contributed by atoms with E-state index in [0.29, 0.717) is 33.7 Å². The van der Waals surface area contributed by atoms with Crippen molar-refractivity contribution in [2.24, 2.45) is 5.92 Å². The molecule has 0 radical (unpaired) electrons. The molecule has 5 heterocycles. The van der Waals surface area contributed by atoms with Crippen LogP contribution in [0.25, 0.3) is 55.2 Å². The van der Waals surface area contributed by atoms with E-state index >= 15 is 4.39 Å². The Bertz CT molecular complexity index is 1800. The summed E-state index contributed by atoms with van der Waals surface area (Å²) in [6, 6.07) is 11.0. The first-order valence-corrected chi connectivity index (χ1v) is 13.3. The molecule has 0 spiro atoms. The quantitative estimate of drug-likeness (QED) is 0.237. The second-order valence-corrected chi connectivity index (χ2v) is 10.5. The van der Waals surface area contributed by atoms with Gasteiger partial charge in [0.1, 0.15) is 22.4 Å². The largest absolute Gasteiger partial charge is 0.337 e. The van der Waals surface area contributed by atoms with Crippen LogP contribution in [0.15, 0.2) is 60.4 Å². The molecule has 0 atom stereocenters. The number of pyridine rings is 2. The number of anilines is 1. The molecule has 1 fully saturated rings. The molecule has 1 aliphatic carbocycles. The van der Waals surface area contributed by atoms with E-state index < -0.39 is 5.82 Å². The predicted molar refractivity (Wildman–Crippen MR) is 146 cm³/mol. The van der Waals surface area contributed by atoms with Gasteiger partial charge in [0, 0.05) is 29.3 Å². The number of benzene rings is 1. The first-order valence-electron chi connectivity index (χ1n) is 12.5. The molecule has 8 nitrogen and oxygen atoms in total. The smallest absolute Gasteiger partial charge is 0.227 e. The van der Waals surface area contributed by atoms with Crippen LogP contribution in [0.2, 0.25) is 0 Å². The molecule has 38 heavy (non-hydrogen) atoms. The summed E-state index contributed by atoms with van der Waals surface area (Å²) in [5.74, 6) is 0.139. The second-order valence-electron chi connectivity index (χ2n) is 9.50. The molecular weight excluding hydrogens is 501 g/mol. The highest BCUT2D eigenvalue weighted by Crippen LogP contribution is 2.35. The fraction of sp³-hybridized carbons (Fsp3) is 0.179. The van der Waals surface area contributed by atoms with Crippen LogP contribution in [0.3, 0.4) is 0 Å². The third kappa shape index (κ3) is 3.93. The van der Waals surface area contributed by atoms with Crippen molar-refractivity contribution in [3.05, 3.63) is 66.2 Å². The average molecular weight is 524 g/mol. The molecule has 3 N–H and O–H groups in total. The number of hydrogen-bond acceptors (Lipinski definition) is 6. The third-order valence-corrected chi connectivity index (χ3v) is 7.95. The number of carbonyl (C=O) groups excluding carboxylic acids is 1. The van der Waals surface area contributed by atoms with E-state index in [0.717, 1.165) is 47.3 Å². The highest BCUT2D eigenvalue weighted by atomic mass is 32.1. The van der Waals surface area contributed by atoms with Gasteiger partial charge >= 0.3 is 0 Å². The minimum Gasteiger partial charge on any atom is -0.337 e. The van der Waals surface area contributed by atoms with Crippen LogP contribution < -0.4 is 5.32 Å². The first-order chi connectivity index (χ1) is 18.6. The van der Waals surface area contributed by atoms with Crippen molar-refractivity contribution in [3.63, 3.8) is 0 Å². The van der Waals surface area contributed by atoms with Crippen molar-refractivity contribution >= 4 is 44.9 Å². The molecule has 0 aliphatic heterocycles. The van der Waals surface area contributed by atoms with Gasteiger partial charge in [-0.15, -0.1) is 11.3 Å². The van der Waals surface area contributed by atoms with E-state index in [2.05, 4.69) is 30.5 Å². The Morgan fingerprint density at radius 2 is 1.97 bits per heavy atom. The van der Waals surface area contributed by atoms with Gasteiger partial charge in [0.25, 0.3) is 0 Å². The lowest BCUT2D eigenvalue weighted by Gasteiger charge is -2.11. The maximum atomic E-state index is 15.2. The van der Waals surface area contributed by atoms with Crippen molar-refractivity contribution < 1.29 is 9.18 Å². The molecule has 5 aromatic heterocycles. The number of thiophene rings is 1. The maximum Gasteiger partial charge on any atom is 0.227 e. The van der Waals surface area contributed by atoms with Gasteiger partial charge in [-0.3, -0.25) is 19.9 Å². The van der Waals surface area contributed by atoms with Gasteiger partial charge in [0.2, 0.25) is 5.91 Å². The van der Waals surface area contributed by atoms with Gasteiger partial charge in [-0.2, -0.15) is 5.10 Å². The Kier molecular flexibility index (Phi) is 5.47. The minimum atomic E-state index is -0.461. The number of H-pyrrole nitrogens is 2. The SMILES string of the molecule is O=C(Nc1cncc(-c2cc(F)c3n[nH]c(-c4nc5c(-c6cccs6)nccc5[nH]4)c3c2)c1)C1CCCC1. The van der Waals surface area contributed by atoms with Gasteiger partial charge < -0.3 is 10.3 Å². The van der Waals surface area contributed by atoms with Gasteiger partial charge in [-0.05, 0) is 54.1 Å². The third-order valence-electron chi connectivity index (χ3n) is 7.07. The van der Waals surface area contributed by atoms with Crippen molar-refractivity contribution in [1.82, 2.24) is 30.1 Å². The first kappa shape index (κ1) is 22.7. The highest BCUT2D eigenvalue weighted by Gasteiger charge is 2.23. The summed E-state index contributed by atoms with van der Waals surface area (Å²) < 4.78 is 15.2. The van der Waals surface area contributed by atoms with Gasteiger partial charge in [-0.1, -0.05) is 18.9 Å². The molecule has 1 saturated carbocycles. The second kappa shape index (κ2) is 9.14. The summed E-state index contributed by atoms with van der Waals surface area (Å²) in [6.07, 6.45) is 9.01. The number of aromatic nitrogens is 6. The molecule has 10 heteroatoms. The molecular formula is C28H22FN7OS. The van der Waals surface area contributed by atoms with Crippen LogP contribution in [0.1, 0.15) is 25.7 Å². The minimum absolute atomic E-state index is 0.0153. The Hall–Kier alpha value is -4.44. The number of nitrogens with zero attached hydrogens (tertiary/aromatic N) is 4. The Labute approximate surface area is 220 Å². The molecule has 6 aromatic rings. The summed E-state index contributed by atoms with van der Waals surface area (Å²) in [6.45, 7) is 0. The average Bonchev–Trinajstić information content (AvgIpc) is 3.74. The Morgan fingerprint density at radius 3 is 2.82 bits per heavy atom. The molecule has 0 unspecified atom stereocenters. The van der Waals surface area contributed by atoms with Crippen LogP contribution in [-0.2, 0) is 4.79 Å². The monoisotopic (exact) mass is 523 g/mol. The summed E-state index contributed by atoms with van der Waals surface area (Å²) in [5.41, 5.74) is 5.06. The molecule has 1 aliphatic rings. The van der Waals surface area contributed by atoms with E-state index in [9.17, 15) is 4.79 Å². The molecule has 7 rings (SSSR count). The normalized spacial score (nSPS) is 14.0. The summed E-state index contributed by atoms with van der Waals surface area (Å²) in [7, 11) is 0. The molecule has 0 bridgehead atoms. The lowest BCUT2D eigenvalue weighted by Crippen LogP contribution is -2.20. The zero-order chi connectivity index (χ0) is 25.6. The Balaban J connectivity index is 1.28. The number of fused-ring (bicyclic) bond motifs is 2. The lowest BCUT2D eigenvalue weighted by atomic mass is 10.0. The molecule has 1 aromatic carbocycles. The van der Waals surface area contributed by atoms with E-state index in [1.54, 1.807) is 29.9 Å². The summed E-state index contributed by atoms with van der Waals surface area (Å²) in [5, 5.41) is 12.8. The van der Waals surface area contributed by atoms with Gasteiger partial charge in [0.05, 0.1) is 22.3 Å². The molecule has 0 saturated heterocycles. The number of aromatic amines is 2. The fourth-order valence-corrected chi connectivity index (χ4v) is 5.89. The Morgan fingerprint density at radius 1 is 1.08 bits per heavy atom. The topological polar surface area (TPSA) is 112 Å². The van der Waals surface area contributed by atoms with Crippen LogP contribution in [0.5, 0.6) is 0 Å². The van der Waals surface area contributed by atoms with Crippen molar-refractivity contribution in [2.75, 3.05) is 5.32 Å². The number of halogens is 1. The predicted octanol–water partition coefficient (Wildman–Crippen LogP) is 6.56. The molecule has 188 valence electrons. The van der Waals surface area contributed by atoms with Crippen LogP contribution in [0, 0.1) is 11.7 Å². The van der Waals surface area contributed by atoms with E-state index in [-0.39, 0.29) is 17.3 Å². The number of nitrogens with one attached hydrogen (secondary N) is 3. The number of hydrogen-bond donors (Lipinski definition) is 3. The van der Waals surface area contributed by atoms with E-state index in [1.165, 1.54) is 6.07 Å².